The van der Waals surface area contributed by atoms with Gasteiger partial charge in [-0.05, 0) is 37.0 Å². The van der Waals surface area contributed by atoms with Gasteiger partial charge in [-0.2, -0.15) is 5.06 Å². The number of hydrogen-bond acceptors (Lipinski definition) is 13. The molecule has 10 unspecified atom stereocenters. The van der Waals surface area contributed by atoms with Gasteiger partial charge in [0.2, 0.25) is 11.8 Å². The Balaban J connectivity index is 1.28. The van der Waals surface area contributed by atoms with E-state index >= 15 is 0 Å². The molecular formula is C33H48N6O11. The number of aliphatic hydroxyl groups excluding tert-OH is 3. The van der Waals surface area contributed by atoms with E-state index in [4.69, 9.17) is 30.5 Å². The first-order valence-corrected chi connectivity index (χ1v) is 17.2. The molecular weight excluding hydrogens is 656 g/mol. The normalized spacial score (nSPS) is 31.3. The molecule has 276 valence electrons. The summed E-state index contributed by atoms with van der Waals surface area (Å²) in [5.74, 6) is -1.25. The molecule has 1 aromatic heterocycles. The van der Waals surface area contributed by atoms with Crippen LogP contribution >= 0.6 is 0 Å². The van der Waals surface area contributed by atoms with Crippen molar-refractivity contribution in [3.8, 4) is 0 Å². The summed E-state index contributed by atoms with van der Waals surface area (Å²) in [5, 5.41) is 37.0. The number of aryl methyl sites for hydroxylation is 1. The van der Waals surface area contributed by atoms with Crippen LogP contribution in [-0.4, -0.2) is 110 Å². The van der Waals surface area contributed by atoms with Crippen molar-refractivity contribution in [3.63, 3.8) is 0 Å². The number of ether oxygens (including phenoxy) is 3. The van der Waals surface area contributed by atoms with E-state index in [0.29, 0.717) is 5.69 Å². The van der Waals surface area contributed by atoms with Gasteiger partial charge < -0.3 is 46.3 Å². The number of hydrogen-bond donors (Lipinski definition) is 7. The smallest absolute Gasteiger partial charge is 0.330 e. The molecule has 3 fully saturated rings. The quantitative estimate of drug-likeness (QED) is 0.110. The first-order valence-electron chi connectivity index (χ1n) is 17.2. The lowest BCUT2D eigenvalue weighted by molar-refractivity contribution is -0.238. The Hall–Kier alpha value is -3.52. The van der Waals surface area contributed by atoms with Crippen molar-refractivity contribution >= 4 is 17.5 Å². The zero-order chi connectivity index (χ0) is 35.9. The van der Waals surface area contributed by atoms with E-state index in [1.165, 1.54) is 31.2 Å². The van der Waals surface area contributed by atoms with Crippen LogP contribution in [0.4, 0.5) is 5.69 Å². The van der Waals surface area contributed by atoms with E-state index < -0.39 is 78.4 Å². The van der Waals surface area contributed by atoms with Crippen LogP contribution < -0.4 is 28.0 Å². The van der Waals surface area contributed by atoms with E-state index in [1.54, 1.807) is 0 Å². The second-order valence-electron chi connectivity index (χ2n) is 12.9. The number of hydroxylamine groups is 2. The summed E-state index contributed by atoms with van der Waals surface area (Å²) in [6, 6.07) is 7.25. The molecule has 9 N–H and O–H groups in total. The van der Waals surface area contributed by atoms with Gasteiger partial charge in [-0.15, -0.1) is 0 Å². The SMILES string of the molecule is CCCCCCCc1ccc(NC(=O)CCCN2OC3C(OC(CN)C3O)OC(C3OC(n4ccc(=O)[nH]c4=O)C(O)C3O)C2C(N)=O)cc1. The molecule has 0 saturated carbocycles. The predicted octanol–water partition coefficient (Wildman–Crippen LogP) is -1.01. The Morgan fingerprint density at radius 3 is 2.32 bits per heavy atom. The zero-order valence-corrected chi connectivity index (χ0v) is 28.0. The first-order chi connectivity index (χ1) is 24.0. The number of benzene rings is 1. The molecule has 17 nitrogen and oxygen atoms in total. The lowest BCUT2D eigenvalue weighted by atomic mass is 9.98. The van der Waals surface area contributed by atoms with Crippen LogP contribution in [0.25, 0.3) is 0 Å². The summed E-state index contributed by atoms with van der Waals surface area (Å²) in [7, 11) is 0. The number of primary amides is 1. The molecule has 2 amide bonds. The average Bonchev–Trinajstić information content (AvgIpc) is 3.47. The van der Waals surface area contributed by atoms with Gasteiger partial charge in [-0.3, -0.25) is 28.8 Å². The largest absolute Gasteiger partial charge is 0.387 e. The molecule has 4 heterocycles. The Bertz CT molecular complexity index is 1550. The van der Waals surface area contributed by atoms with E-state index in [0.717, 1.165) is 34.7 Å². The Kier molecular flexibility index (Phi) is 12.9. The minimum atomic E-state index is -1.72. The van der Waals surface area contributed by atoms with Crippen molar-refractivity contribution in [2.45, 2.75) is 120 Å². The molecule has 0 spiro atoms. The highest BCUT2D eigenvalue weighted by Gasteiger charge is 2.58. The number of nitrogens with zero attached hydrogens (tertiary/aromatic N) is 2. The summed E-state index contributed by atoms with van der Waals surface area (Å²) < 4.78 is 18.7. The highest BCUT2D eigenvalue weighted by molar-refractivity contribution is 5.90. The zero-order valence-electron chi connectivity index (χ0n) is 28.0. The lowest BCUT2D eigenvalue weighted by Gasteiger charge is -2.35. The minimum absolute atomic E-state index is 0.0209. The number of aromatic nitrogens is 2. The molecule has 2 aromatic rings. The minimum Gasteiger partial charge on any atom is -0.387 e. The Morgan fingerprint density at radius 1 is 0.900 bits per heavy atom. The summed E-state index contributed by atoms with van der Waals surface area (Å²) in [6.45, 7) is 2.03. The number of aliphatic hydroxyl groups is 3. The van der Waals surface area contributed by atoms with Gasteiger partial charge in [0.1, 0.15) is 42.7 Å². The standard InChI is InChI=1S/C33H48N6O11/c1-2-3-4-5-6-8-18-10-12-19(13-11-18)36-21(40)9-7-15-39-23(30(35)45)27(49-32-29(50-39)24(42)20(17-34)47-32)28-25(43)26(44)31(48-28)38-16-14-22(41)37-33(38)46/h10-14,16,20,23-29,31-32,42-44H,2-9,15,17,34H2,1H3,(H2,35,45)(H,36,40)(H,37,41,46). The fraction of sp³-hybridized carbons (Fsp3) is 0.636. The summed E-state index contributed by atoms with van der Waals surface area (Å²) in [5.41, 5.74) is 11.9. The monoisotopic (exact) mass is 704 g/mol. The van der Waals surface area contributed by atoms with Gasteiger partial charge in [0.15, 0.2) is 18.6 Å². The van der Waals surface area contributed by atoms with Crippen molar-refractivity contribution in [3.05, 3.63) is 62.9 Å². The Labute approximate surface area is 288 Å². The number of nitrogens with two attached hydrogens (primary N) is 2. The maximum Gasteiger partial charge on any atom is 0.330 e. The molecule has 0 aliphatic carbocycles. The van der Waals surface area contributed by atoms with Crippen LogP contribution in [0.5, 0.6) is 0 Å². The number of rotatable bonds is 15. The maximum atomic E-state index is 13.0. The van der Waals surface area contributed by atoms with Crippen LogP contribution in [0.3, 0.4) is 0 Å². The highest BCUT2D eigenvalue weighted by Crippen LogP contribution is 2.38. The molecule has 5 rings (SSSR count). The molecule has 0 bridgehead atoms. The van der Waals surface area contributed by atoms with Crippen molar-refractivity contribution in [1.82, 2.24) is 14.6 Å². The van der Waals surface area contributed by atoms with E-state index in [1.807, 2.05) is 24.3 Å². The number of unbranched alkanes of at least 4 members (excludes halogenated alkanes) is 4. The topological polar surface area (TPSA) is 254 Å². The van der Waals surface area contributed by atoms with Gasteiger partial charge in [0.05, 0.1) is 0 Å². The summed E-state index contributed by atoms with van der Waals surface area (Å²) >= 11 is 0. The van der Waals surface area contributed by atoms with Gasteiger partial charge in [-0.25, -0.2) is 4.79 Å². The third-order valence-corrected chi connectivity index (χ3v) is 9.30. The lowest BCUT2D eigenvalue weighted by Crippen LogP contribution is -2.58. The highest BCUT2D eigenvalue weighted by atomic mass is 16.8. The summed E-state index contributed by atoms with van der Waals surface area (Å²) in [4.78, 5) is 58.1. The summed E-state index contributed by atoms with van der Waals surface area (Å²) in [6.07, 6.45) is -4.33. The number of amides is 2. The van der Waals surface area contributed by atoms with Crippen molar-refractivity contribution in [2.24, 2.45) is 11.5 Å². The van der Waals surface area contributed by atoms with Gasteiger partial charge in [-0.1, -0.05) is 44.7 Å². The van der Waals surface area contributed by atoms with Crippen LogP contribution in [0, 0.1) is 0 Å². The van der Waals surface area contributed by atoms with Gasteiger partial charge in [0, 0.05) is 37.5 Å². The van der Waals surface area contributed by atoms with Crippen LogP contribution in [0.15, 0.2) is 46.1 Å². The molecule has 50 heavy (non-hydrogen) atoms. The molecule has 3 aliphatic heterocycles. The molecule has 1 aromatic carbocycles. The number of carbonyl (C=O) groups is 2. The molecule has 3 aliphatic rings. The fourth-order valence-electron chi connectivity index (χ4n) is 6.61. The molecule has 10 atom stereocenters. The second kappa shape index (κ2) is 17.1. The Morgan fingerprint density at radius 2 is 1.64 bits per heavy atom. The van der Waals surface area contributed by atoms with E-state index in [-0.39, 0.29) is 31.8 Å². The van der Waals surface area contributed by atoms with Crippen molar-refractivity contribution < 1.29 is 44.0 Å². The molecule has 0 radical (unpaired) electrons. The third-order valence-electron chi connectivity index (χ3n) is 9.30. The molecule has 17 heteroatoms. The van der Waals surface area contributed by atoms with Gasteiger partial charge >= 0.3 is 5.69 Å². The van der Waals surface area contributed by atoms with Crippen LogP contribution in [-0.2, 0) is 35.1 Å². The number of fused-ring (bicyclic) bond motifs is 1. The van der Waals surface area contributed by atoms with Crippen LogP contribution in [0.1, 0.15) is 63.7 Å². The number of aromatic amines is 1. The van der Waals surface area contributed by atoms with Gasteiger partial charge in [0.25, 0.3) is 5.56 Å². The maximum absolute atomic E-state index is 13.0. The van der Waals surface area contributed by atoms with E-state index in [2.05, 4.69) is 17.2 Å². The van der Waals surface area contributed by atoms with E-state index in [9.17, 15) is 34.5 Å². The average molecular weight is 705 g/mol. The first kappa shape index (κ1) is 37.7. The fourth-order valence-corrected chi connectivity index (χ4v) is 6.61. The van der Waals surface area contributed by atoms with Crippen molar-refractivity contribution in [1.29, 1.82) is 0 Å². The number of H-pyrrole nitrogens is 1. The van der Waals surface area contributed by atoms with Crippen molar-refractivity contribution in [2.75, 3.05) is 18.4 Å². The molecule has 3 saturated heterocycles. The second-order valence-corrected chi connectivity index (χ2v) is 12.9. The third kappa shape index (κ3) is 8.67. The predicted molar refractivity (Wildman–Crippen MR) is 177 cm³/mol. The number of anilines is 1. The number of carbonyl (C=O) groups excluding carboxylic acids is 2. The number of nitrogens with one attached hydrogen (secondary N) is 2. The van der Waals surface area contributed by atoms with Crippen LogP contribution in [0.2, 0.25) is 0 Å².